The molecule has 6 nitrogen and oxygen atoms in total. The molecular formula is C26H33NO5S. The number of ether oxygens (including phenoxy) is 2. The molecule has 2 aliphatic rings. The summed E-state index contributed by atoms with van der Waals surface area (Å²) in [5, 5.41) is 23.2. The van der Waals surface area contributed by atoms with Crippen molar-refractivity contribution in [3.63, 3.8) is 0 Å². The number of para-hydroxylation sites is 1. The average molecular weight is 472 g/mol. The van der Waals surface area contributed by atoms with Gasteiger partial charge in [0.2, 0.25) is 0 Å². The first-order valence-corrected chi connectivity index (χ1v) is 12.5. The van der Waals surface area contributed by atoms with Gasteiger partial charge in [0, 0.05) is 34.0 Å². The molecule has 0 bridgehead atoms. The number of aliphatic hydroxyl groups is 1. The number of aliphatic hydroxyl groups excluding tert-OH is 1. The number of hydrogen-bond donors (Lipinski definition) is 3. The maximum absolute atomic E-state index is 11.3. The number of carboxylic acids is 1. The van der Waals surface area contributed by atoms with Crippen LogP contribution in [0.5, 0.6) is 5.75 Å². The molecule has 1 heterocycles. The number of carbonyl (C=O) groups is 1. The van der Waals surface area contributed by atoms with E-state index in [-0.39, 0.29) is 30.3 Å². The SMILES string of the molecule is C[C@@H](OC[C@H](O)CNC(C)(C)CCSc1ccccc1)c1cccc2c1O[C@@H]1[C@@H](C(=O)O)[C@H]21. The van der Waals surface area contributed by atoms with Crippen LogP contribution in [0.15, 0.2) is 53.4 Å². The quantitative estimate of drug-likeness (QED) is 0.399. The van der Waals surface area contributed by atoms with E-state index in [0.29, 0.717) is 6.54 Å². The highest BCUT2D eigenvalue weighted by Crippen LogP contribution is 2.59. The number of benzene rings is 2. The van der Waals surface area contributed by atoms with E-state index in [1.165, 1.54) is 4.90 Å². The number of rotatable bonds is 12. The highest BCUT2D eigenvalue weighted by Gasteiger charge is 2.63. The Balaban J connectivity index is 1.21. The van der Waals surface area contributed by atoms with Gasteiger partial charge in [-0.1, -0.05) is 36.4 Å². The number of nitrogens with one attached hydrogen (secondary N) is 1. The van der Waals surface area contributed by atoms with Crippen LogP contribution in [0.3, 0.4) is 0 Å². The van der Waals surface area contributed by atoms with E-state index >= 15 is 0 Å². The van der Waals surface area contributed by atoms with Crippen LogP contribution in [0, 0.1) is 5.92 Å². The highest BCUT2D eigenvalue weighted by molar-refractivity contribution is 7.99. The smallest absolute Gasteiger partial charge is 0.311 e. The second-order valence-electron chi connectivity index (χ2n) is 9.54. The van der Waals surface area contributed by atoms with Crippen molar-refractivity contribution in [2.45, 2.75) is 61.9 Å². The molecule has 0 spiro atoms. The normalized spacial score (nSPS) is 22.7. The third-order valence-corrected chi connectivity index (χ3v) is 7.47. The van der Waals surface area contributed by atoms with Crippen LogP contribution >= 0.6 is 11.8 Å². The summed E-state index contributed by atoms with van der Waals surface area (Å²) in [6.07, 6.45) is -0.173. The Labute approximate surface area is 199 Å². The second-order valence-corrected chi connectivity index (χ2v) is 10.7. The lowest BCUT2D eigenvalue weighted by Gasteiger charge is -2.28. The molecule has 0 unspecified atom stereocenters. The van der Waals surface area contributed by atoms with Crippen LogP contribution in [-0.2, 0) is 9.53 Å². The Morgan fingerprint density at radius 2 is 1.97 bits per heavy atom. The fourth-order valence-corrected chi connectivity index (χ4v) is 5.55. The van der Waals surface area contributed by atoms with Crippen molar-refractivity contribution in [1.82, 2.24) is 5.32 Å². The molecule has 0 aromatic heterocycles. The van der Waals surface area contributed by atoms with Crippen molar-refractivity contribution < 1.29 is 24.5 Å². The van der Waals surface area contributed by atoms with Crippen molar-refractivity contribution in [2.75, 3.05) is 18.9 Å². The zero-order valence-electron chi connectivity index (χ0n) is 19.4. The third kappa shape index (κ3) is 5.72. The largest absolute Gasteiger partial charge is 0.488 e. The van der Waals surface area contributed by atoms with E-state index in [4.69, 9.17) is 9.47 Å². The van der Waals surface area contributed by atoms with Gasteiger partial charge in [0.1, 0.15) is 17.8 Å². The molecule has 1 aliphatic carbocycles. The molecule has 1 aliphatic heterocycles. The standard InChI is InChI=1S/C26H33NO5S/c1-16(19-10-7-11-20-21-22(25(29)30)24(21)32-23(19)20)31-15-17(28)14-27-26(2,3)12-13-33-18-8-5-4-6-9-18/h4-11,16-17,21-22,24,27-28H,12-15H2,1-3H3,(H,29,30)/t16-,17-,21+,22+,24+/m1/s1. The summed E-state index contributed by atoms with van der Waals surface area (Å²) in [5.74, 6) is 0.454. The fraction of sp³-hybridized carbons (Fsp3) is 0.500. The molecule has 7 heteroatoms. The lowest BCUT2D eigenvalue weighted by molar-refractivity contribution is -0.139. The van der Waals surface area contributed by atoms with E-state index in [0.717, 1.165) is 29.1 Å². The van der Waals surface area contributed by atoms with E-state index < -0.39 is 18.0 Å². The van der Waals surface area contributed by atoms with Gasteiger partial charge >= 0.3 is 5.97 Å². The van der Waals surface area contributed by atoms with Crippen LogP contribution in [0.4, 0.5) is 0 Å². The monoisotopic (exact) mass is 471 g/mol. The first kappa shape index (κ1) is 24.1. The second kappa shape index (κ2) is 10.1. The number of carboxylic acid groups (broad SMARTS) is 1. The number of β-amino-alcohol motifs (C(OH)–C–C–N with tert-alkyl or cyclic N) is 1. The summed E-state index contributed by atoms with van der Waals surface area (Å²) in [6.45, 7) is 6.88. The molecular weight excluding hydrogens is 438 g/mol. The Bertz CT molecular complexity index is 966. The summed E-state index contributed by atoms with van der Waals surface area (Å²) >= 11 is 1.84. The zero-order chi connectivity index (χ0) is 23.6. The first-order chi connectivity index (χ1) is 15.8. The maximum atomic E-state index is 11.3. The van der Waals surface area contributed by atoms with Crippen molar-refractivity contribution in [3.8, 4) is 5.75 Å². The van der Waals surface area contributed by atoms with Crippen molar-refractivity contribution in [3.05, 3.63) is 59.7 Å². The molecule has 5 atom stereocenters. The molecule has 0 radical (unpaired) electrons. The third-order valence-electron chi connectivity index (χ3n) is 6.46. The minimum absolute atomic E-state index is 0.0540. The van der Waals surface area contributed by atoms with Crippen LogP contribution in [0.2, 0.25) is 0 Å². The molecule has 33 heavy (non-hydrogen) atoms. The topological polar surface area (TPSA) is 88.0 Å². The van der Waals surface area contributed by atoms with Gasteiger partial charge in [0.15, 0.2) is 0 Å². The lowest BCUT2D eigenvalue weighted by Crippen LogP contribution is -2.44. The minimum Gasteiger partial charge on any atom is -0.488 e. The predicted octanol–water partition coefficient (Wildman–Crippen LogP) is 4.23. The number of hydrogen-bond acceptors (Lipinski definition) is 6. The predicted molar refractivity (Wildman–Crippen MR) is 129 cm³/mol. The maximum Gasteiger partial charge on any atom is 0.311 e. The Morgan fingerprint density at radius 3 is 2.70 bits per heavy atom. The van der Waals surface area contributed by atoms with E-state index in [1.54, 1.807) is 0 Å². The lowest BCUT2D eigenvalue weighted by atomic mass is 10.0. The summed E-state index contributed by atoms with van der Waals surface area (Å²) in [6, 6.07) is 16.2. The van der Waals surface area contributed by atoms with Gasteiger partial charge in [-0.2, -0.15) is 0 Å². The van der Waals surface area contributed by atoms with Gasteiger partial charge in [-0.3, -0.25) is 4.79 Å². The molecule has 2 aromatic rings. The average Bonchev–Trinajstić information content (AvgIpc) is 3.39. The van der Waals surface area contributed by atoms with Crippen LogP contribution in [0.1, 0.15) is 50.3 Å². The Hall–Kier alpha value is -2.06. The van der Waals surface area contributed by atoms with Crippen molar-refractivity contribution in [1.29, 1.82) is 0 Å². The zero-order valence-corrected chi connectivity index (χ0v) is 20.2. The highest BCUT2D eigenvalue weighted by atomic mass is 32.2. The van der Waals surface area contributed by atoms with Crippen LogP contribution in [-0.4, -0.2) is 52.8 Å². The summed E-state index contributed by atoms with van der Waals surface area (Å²) in [5.41, 5.74) is 1.77. The number of fused-ring (bicyclic) bond motifs is 3. The van der Waals surface area contributed by atoms with Gasteiger partial charge in [-0.05, 0) is 45.1 Å². The van der Waals surface area contributed by atoms with Gasteiger partial charge in [0.05, 0.1) is 18.8 Å². The fourth-order valence-electron chi connectivity index (χ4n) is 4.35. The van der Waals surface area contributed by atoms with E-state index in [1.807, 2.05) is 55.1 Å². The molecule has 2 aromatic carbocycles. The molecule has 1 fully saturated rings. The summed E-state index contributed by atoms with van der Waals surface area (Å²) in [7, 11) is 0. The summed E-state index contributed by atoms with van der Waals surface area (Å²) < 4.78 is 11.9. The van der Waals surface area contributed by atoms with Crippen LogP contribution in [0.25, 0.3) is 0 Å². The number of aliphatic carboxylic acids is 1. The molecule has 1 saturated carbocycles. The Morgan fingerprint density at radius 1 is 1.21 bits per heavy atom. The number of thioether (sulfide) groups is 1. The van der Waals surface area contributed by atoms with E-state index in [9.17, 15) is 15.0 Å². The van der Waals surface area contributed by atoms with E-state index in [2.05, 4.69) is 31.3 Å². The van der Waals surface area contributed by atoms with Gasteiger partial charge < -0.3 is 25.0 Å². The van der Waals surface area contributed by atoms with Crippen molar-refractivity contribution >= 4 is 17.7 Å². The first-order valence-electron chi connectivity index (χ1n) is 11.5. The van der Waals surface area contributed by atoms with Crippen molar-refractivity contribution in [2.24, 2.45) is 5.92 Å². The molecule has 0 amide bonds. The summed E-state index contributed by atoms with van der Waals surface area (Å²) in [4.78, 5) is 12.6. The van der Waals surface area contributed by atoms with Gasteiger partial charge in [-0.25, -0.2) is 0 Å². The van der Waals surface area contributed by atoms with Gasteiger partial charge in [0.25, 0.3) is 0 Å². The molecule has 0 saturated heterocycles. The minimum atomic E-state index is -0.803. The molecule has 178 valence electrons. The van der Waals surface area contributed by atoms with Gasteiger partial charge in [-0.15, -0.1) is 11.8 Å². The van der Waals surface area contributed by atoms with Crippen LogP contribution < -0.4 is 10.1 Å². The molecule has 4 rings (SSSR count). The molecule has 3 N–H and O–H groups in total. The Kier molecular flexibility index (Phi) is 7.34.